The molecule has 0 amide bonds. The fourth-order valence-corrected chi connectivity index (χ4v) is 2.50. The van der Waals surface area contributed by atoms with Crippen molar-refractivity contribution in [2.24, 2.45) is 0 Å². The third kappa shape index (κ3) is 1.93. The number of carbonyl (C=O) groups is 1. The third-order valence-corrected chi connectivity index (χ3v) is 3.44. The fraction of sp³-hybridized carbons (Fsp3) is 0.750. The van der Waals surface area contributed by atoms with Gasteiger partial charge in [-0.1, -0.05) is 6.92 Å². The first kappa shape index (κ1) is 12.4. The molecule has 2 unspecified atom stereocenters. The van der Waals surface area contributed by atoms with Gasteiger partial charge in [-0.05, 0) is 19.3 Å². The number of nitrogens with zero attached hydrogens (tertiary/aromatic N) is 1. The van der Waals surface area contributed by atoms with E-state index < -0.39 is 17.9 Å². The summed E-state index contributed by atoms with van der Waals surface area (Å²) in [6.45, 7) is 3.59. The fourth-order valence-electron chi connectivity index (χ4n) is 2.50. The summed E-state index contributed by atoms with van der Waals surface area (Å²) in [5.74, 6) is -1.75. The Kier molecular flexibility index (Phi) is 3.40. The summed E-state index contributed by atoms with van der Waals surface area (Å²) >= 11 is 0. The normalized spacial score (nSPS) is 30.4. The maximum atomic E-state index is 11.5. The quantitative estimate of drug-likeness (QED) is 0.732. The van der Waals surface area contributed by atoms with Crippen LogP contribution in [-0.2, 0) is 14.3 Å². The molecule has 0 saturated carbocycles. The molecule has 17 heavy (non-hydrogen) atoms. The number of hydrogen-bond donors (Lipinski definition) is 1. The SMILES string of the molecule is CCC(O)C1(OC)OC(=O)C=C1N1CCCC1. The molecule has 1 N–H and O–H groups in total. The van der Waals surface area contributed by atoms with Crippen molar-refractivity contribution >= 4 is 5.97 Å². The van der Waals surface area contributed by atoms with Crippen LogP contribution >= 0.6 is 0 Å². The van der Waals surface area contributed by atoms with Crippen LogP contribution in [0.5, 0.6) is 0 Å². The lowest BCUT2D eigenvalue weighted by molar-refractivity contribution is -0.236. The van der Waals surface area contributed by atoms with Gasteiger partial charge in [-0.2, -0.15) is 0 Å². The Hall–Kier alpha value is -1.07. The minimum atomic E-state index is -1.31. The molecule has 1 saturated heterocycles. The molecule has 0 aromatic carbocycles. The van der Waals surface area contributed by atoms with Gasteiger partial charge in [0.15, 0.2) is 0 Å². The zero-order chi connectivity index (χ0) is 12.5. The minimum Gasteiger partial charge on any atom is -0.421 e. The van der Waals surface area contributed by atoms with Gasteiger partial charge in [-0.3, -0.25) is 0 Å². The van der Waals surface area contributed by atoms with Crippen LogP contribution < -0.4 is 0 Å². The lowest BCUT2D eigenvalue weighted by Crippen LogP contribution is -2.50. The van der Waals surface area contributed by atoms with Gasteiger partial charge in [0.05, 0.1) is 5.70 Å². The van der Waals surface area contributed by atoms with Gasteiger partial charge in [0.2, 0.25) is 0 Å². The third-order valence-electron chi connectivity index (χ3n) is 3.44. The van der Waals surface area contributed by atoms with Gasteiger partial charge in [0, 0.05) is 26.3 Å². The van der Waals surface area contributed by atoms with E-state index in [1.165, 1.54) is 13.2 Å². The molecule has 0 aliphatic carbocycles. The molecular weight excluding hydrogens is 222 g/mol. The zero-order valence-electron chi connectivity index (χ0n) is 10.3. The van der Waals surface area contributed by atoms with E-state index in [4.69, 9.17) is 9.47 Å². The van der Waals surface area contributed by atoms with E-state index >= 15 is 0 Å². The standard InChI is InChI=1S/C12H19NO4/c1-3-10(14)12(16-2)9(8-11(15)17-12)13-6-4-5-7-13/h8,10,14H,3-7H2,1-2H3. The number of aliphatic hydroxyl groups is 1. The maximum Gasteiger partial charge on any atom is 0.335 e. The van der Waals surface area contributed by atoms with Crippen molar-refractivity contribution in [1.29, 1.82) is 0 Å². The van der Waals surface area contributed by atoms with Crippen LogP contribution in [0.2, 0.25) is 0 Å². The van der Waals surface area contributed by atoms with Crippen LogP contribution in [0.15, 0.2) is 11.8 Å². The van der Waals surface area contributed by atoms with Crippen molar-refractivity contribution in [2.45, 2.75) is 38.1 Å². The van der Waals surface area contributed by atoms with Crippen LogP contribution in [0.25, 0.3) is 0 Å². The number of aliphatic hydroxyl groups excluding tert-OH is 1. The Morgan fingerprint density at radius 3 is 2.76 bits per heavy atom. The Bertz CT molecular complexity index is 335. The van der Waals surface area contributed by atoms with E-state index in [0.717, 1.165) is 25.9 Å². The van der Waals surface area contributed by atoms with Crippen molar-refractivity contribution in [3.05, 3.63) is 11.8 Å². The number of esters is 1. The van der Waals surface area contributed by atoms with Gasteiger partial charge in [0.1, 0.15) is 6.10 Å². The largest absolute Gasteiger partial charge is 0.421 e. The number of methoxy groups -OCH3 is 1. The van der Waals surface area contributed by atoms with Crippen LogP contribution in [0.3, 0.4) is 0 Å². The number of ether oxygens (including phenoxy) is 2. The predicted molar refractivity (Wildman–Crippen MR) is 61.0 cm³/mol. The van der Waals surface area contributed by atoms with Crippen molar-refractivity contribution in [3.8, 4) is 0 Å². The highest BCUT2D eigenvalue weighted by molar-refractivity contribution is 5.86. The van der Waals surface area contributed by atoms with E-state index in [1.54, 1.807) is 0 Å². The smallest absolute Gasteiger partial charge is 0.335 e. The van der Waals surface area contributed by atoms with Gasteiger partial charge < -0.3 is 19.5 Å². The van der Waals surface area contributed by atoms with Crippen LogP contribution in [0.4, 0.5) is 0 Å². The van der Waals surface area contributed by atoms with Crippen LogP contribution in [0, 0.1) is 0 Å². The van der Waals surface area contributed by atoms with E-state index in [9.17, 15) is 9.90 Å². The molecule has 0 radical (unpaired) electrons. The van der Waals surface area contributed by atoms with Crippen LogP contribution in [-0.4, -0.2) is 48.1 Å². The summed E-state index contributed by atoms with van der Waals surface area (Å²) in [6, 6.07) is 0. The Morgan fingerprint density at radius 1 is 1.59 bits per heavy atom. The van der Waals surface area contributed by atoms with Crippen molar-refractivity contribution in [1.82, 2.24) is 4.90 Å². The molecule has 0 spiro atoms. The Balaban J connectivity index is 2.31. The number of rotatable bonds is 4. The minimum absolute atomic E-state index is 0.443. The molecule has 5 nitrogen and oxygen atoms in total. The molecular formula is C12H19NO4. The molecule has 2 rings (SSSR count). The van der Waals surface area contributed by atoms with Crippen molar-refractivity contribution in [2.75, 3.05) is 20.2 Å². The molecule has 2 heterocycles. The second-order valence-corrected chi connectivity index (χ2v) is 4.44. The highest BCUT2D eigenvalue weighted by atomic mass is 16.7. The van der Waals surface area contributed by atoms with Gasteiger partial charge >= 0.3 is 5.97 Å². The number of likely N-dealkylation sites (tertiary alicyclic amines) is 1. The monoisotopic (exact) mass is 241 g/mol. The van der Waals surface area contributed by atoms with Crippen LogP contribution in [0.1, 0.15) is 26.2 Å². The average molecular weight is 241 g/mol. The zero-order valence-corrected chi connectivity index (χ0v) is 10.3. The first-order valence-electron chi connectivity index (χ1n) is 6.07. The van der Waals surface area contributed by atoms with E-state index in [0.29, 0.717) is 12.1 Å². The molecule has 5 heteroatoms. The van der Waals surface area contributed by atoms with E-state index in [2.05, 4.69) is 4.90 Å². The average Bonchev–Trinajstić information content (AvgIpc) is 2.95. The summed E-state index contributed by atoms with van der Waals surface area (Å²) in [6.07, 6.45) is 3.24. The second kappa shape index (κ2) is 4.66. The Morgan fingerprint density at radius 2 is 2.24 bits per heavy atom. The molecule has 2 aliphatic rings. The maximum absolute atomic E-state index is 11.5. The molecule has 2 aliphatic heterocycles. The van der Waals surface area contributed by atoms with Gasteiger partial charge in [-0.25, -0.2) is 4.79 Å². The summed E-state index contributed by atoms with van der Waals surface area (Å²) in [4.78, 5) is 13.6. The summed E-state index contributed by atoms with van der Waals surface area (Å²) in [5.41, 5.74) is 0.664. The van der Waals surface area contributed by atoms with Gasteiger partial charge in [0.25, 0.3) is 5.79 Å². The molecule has 2 atom stereocenters. The topological polar surface area (TPSA) is 59.0 Å². The first-order valence-corrected chi connectivity index (χ1v) is 6.07. The summed E-state index contributed by atoms with van der Waals surface area (Å²) in [7, 11) is 1.46. The molecule has 0 aromatic heterocycles. The van der Waals surface area contributed by atoms with E-state index in [1.807, 2.05) is 6.92 Å². The lowest BCUT2D eigenvalue weighted by Gasteiger charge is -2.36. The predicted octanol–water partition coefficient (Wildman–Crippen LogP) is 0.636. The van der Waals surface area contributed by atoms with Gasteiger partial charge in [-0.15, -0.1) is 0 Å². The Labute approximate surface area is 101 Å². The summed E-state index contributed by atoms with van der Waals surface area (Å²) < 4.78 is 10.6. The number of hydrogen-bond acceptors (Lipinski definition) is 5. The molecule has 0 bridgehead atoms. The molecule has 1 fully saturated rings. The van der Waals surface area contributed by atoms with Crippen molar-refractivity contribution < 1.29 is 19.4 Å². The second-order valence-electron chi connectivity index (χ2n) is 4.44. The lowest BCUT2D eigenvalue weighted by atomic mass is 10.0. The van der Waals surface area contributed by atoms with Crippen molar-refractivity contribution in [3.63, 3.8) is 0 Å². The highest BCUT2D eigenvalue weighted by Gasteiger charge is 2.51. The molecule has 0 aromatic rings. The molecule has 96 valence electrons. The summed E-state index contributed by atoms with van der Waals surface area (Å²) in [5, 5.41) is 10.1. The van der Waals surface area contributed by atoms with E-state index in [-0.39, 0.29) is 0 Å². The highest BCUT2D eigenvalue weighted by Crippen LogP contribution is 2.37. The number of cyclic esters (lactones) is 1. The first-order chi connectivity index (χ1) is 8.14. The number of carbonyl (C=O) groups excluding carboxylic acids is 1.